The predicted octanol–water partition coefficient (Wildman–Crippen LogP) is 13.2. The smallest absolute Gasteiger partial charge is 0.305 e. The van der Waals surface area contributed by atoms with E-state index in [1.54, 1.807) is 6.08 Å². The molecule has 0 aliphatic carbocycles. The maximum absolute atomic E-state index is 12.4. The summed E-state index contributed by atoms with van der Waals surface area (Å²) in [4.78, 5) is 24.4. The lowest BCUT2D eigenvalue weighted by molar-refractivity contribution is -0.143. The minimum Gasteiger partial charge on any atom is -0.466 e. The van der Waals surface area contributed by atoms with E-state index in [9.17, 15) is 19.8 Å². The highest BCUT2D eigenvalue weighted by molar-refractivity contribution is 5.76. The number of aliphatic hydroxyl groups excluding tert-OH is 2. The molecular formula is C47H89NO5. The van der Waals surface area contributed by atoms with Crippen molar-refractivity contribution in [3.05, 3.63) is 24.3 Å². The third-order valence-corrected chi connectivity index (χ3v) is 10.5. The molecule has 0 saturated heterocycles. The Balaban J connectivity index is 3.53. The van der Waals surface area contributed by atoms with E-state index in [0.717, 1.165) is 57.8 Å². The van der Waals surface area contributed by atoms with Crippen LogP contribution in [-0.4, -0.2) is 47.4 Å². The highest BCUT2D eigenvalue weighted by Crippen LogP contribution is 2.14. The first-order valence-electron chi connectivity index (χ1n) is 23.1. The van der Waals surface area contributed by atoms with Crippen LogP contribution in [0.3, 0.4) is 0 Å². The molecule has 312 valence electrons. The van der Waals surface area contributed by atoms with E-state index in [0.29, 0.717) is 19.4 Å². The molecule has 0 rings (SSSR count). The molecule has 0 radical (unpaired) electrons. The average Bonchev–Trinajstić information content (AvgIpc) is 3.16. The molecule has 0 aliphatic rings. The first kappa shape index (κ1) is 51.3. The van der Waals surface area contributed by atoms with E-state index in [2.05, 4.69) is 31.3 Å². The van der Waals surface area contributed by atoms with Gasteiger partial charge in [0, 0.05) is 12.8 Å². The summed E-state index contributed by atoms with van der Waals surface area (Å²) in [5, 5.41) is 23.0. The largest absolute Gasteiger partial charge is 0.466 e. The topological polar surface area (TPSA) is 95.9 Å². The number of allylic oxidation sites excluding steroid dienone is 3. The Hall–Kier alpha value is -1.66. The lowest BCUT2D eigenvalue weighted by Gasteiger charge is -2.20. The van der Waals surface area contributed by atoms with Crippen LogP contribution in [0.2, 0.25) is 0 Å². The van der Waals surface area contributed by atoms with Gasteiger partial charge in [-0.3, -0.25) is 9.59 Å². The molecule has 0 saturated carbocycles. The number of amides is 1. The van der Waals surface area contributed by atoms with Crippen LogP contribution < -0.4 is 5.32 Å². The van der Waals surface area contributed by atoms with Crippen molar-refractivity contribution in [2.75, 3.05) is 13.2 Å². The Kier molecular flexibility index (Phi) is 41.7. The zero-order valence-electron chi connectivity index (χ0n) is 35.2. The number of hydrogen-bond acceptors (Lipinski definition) is 5. The monoisotopic (exact) mass is 748 g/mol. The van der Waals surface area contributed by atoms with Crippen LogP contribution in [0.15, 0.2) is 24.3 Å². The van der Waals surface area contributed by atoms with Gasteiger partial charge in [0.15, 0.2) is 0 Å². The van der Waals surface area contributed by atoms with Gasteiger partial charge >= 0.3 is 5.97 Å². The third-order valence-electron chi connectivity index (χ3n) is 10.5. The maximum atomic E-state index is 12.4. The average molecular weight is 748 g/mol. The van der Waals surface area contributed by atoms with Gasteiger partial charge in [-0.05, 0) is 57.8 Å². The number of esters is 1. The number of rotatable bonds is 42. The Morgan fingerprint density at radius 1 is 0.509 bits per heavy atom. The van der Waals surface area contributed by atoms with Gasteiger partial charge in [-0.1, -0.05) is 192 Å². The van der Waals surface area contributed by atoms with Gasteiger partial charge < -0.3 is 20.3 Å². The van der Waals surface area contributed by atoms with Gasteiger partial charge in [0.1, 0.15) is 0 Å². The first-order valence-corrected chi connectivity index (χ1v) is 23.1. The highest BCUT2D eigenvalue weighted by atomic mass is 16.5. The van der Waals surface area contributed by atoms with Crippen LogP contribution >= 0.6 is 0 Å². The number of nitrogens with one attached hydrogen (secondary N) is 1. The molecule has 6 nitrogen and oxygen atoms in total. The molecule has 2 unspecified atom stereocenters. The number of hydrogen-bond donors (Lipinski definition) is 3. The quantitative estimate of drug-likeness (QED) is 0.0328. The predicted molar refractivity (Wildman–Crippen MR) is 227 cm³/mol. The minimum absolute atomic E-state index is 0.0309. The van der Waals surface area contributed by atoms with Gasteiger partial charge in [0.2, 0.25) is 5.91 Å². The molecule has 3 N–H and O–H groups in total. The summed E-state index contributed by atoms with van der Waals surface area (Å²) in [6.45, 7) is 4.81. The van der Waals surface area contributed by atoms with Crippen molar-refractivity contribution in [3.63, 3.8) is 0 Å². The summed E-state index contributed by atoms with van der Waals surface area (Å²) >= 11 is 0. The van der Waals surface area contributed by atoms with Crippen molar-refractivity contribution in [2.45, 2.75) is 251 Å². The number of ether oxygens (including phenoxy) is 1. The van der Waals surface area contributed by atoms with Crippen LogP contribution in [0.5, 0.6) is 0 Å². The standard InChI is InChI=1S/C47H89NO5/c1-3-5-7-9-11-13-15-17-19-23-27-31-35-39-45(50)44(43-49)48-46(51)40-36-32-28-24-21-22-26-30-34-38-42-53-47(52)41-37-33-29-25-20-18-16-14-12-10-8-6-4-2/h14,16,35,39,44-45,49-50H,3-13,15,17-34,36-38,40-43H2,1-2H3,(H,48,51)/b16-14-,39-35+. The molecule has 0 aliphatic heterocycles. The van der Waals surface area contributed by atoms with Crippen LogP contribution in [0.4, 0.5) is 0 Å². The summed E-state index contributed by atoms with van der Waals surface area (Å²) < 4.78 is 5.43. The van der Waals surface area contributed by atoms with Crippen LogP contribution in [0, 0.1) is 0 Å². The minimum atomic E-state index is -0.857. The normalized spacial score (nSPS) is 12.9. The van der Waals surface area contributed by atoms with Gasteiger partial charge in [0.05, 0.1) is 25.4 Å². The molecule has 6 heteroatoms. The fraction of sp³-hybridized carbons (Fsp3) is 0.872. The van der Waals surface area contributed by atoms with Crippen LogP contribution in [0.1, 0.15) is 239 Å². The Morgan fingerprint density at radius 2 is 0.887 bits per heavy atom. The number of unbranched alkanes of at least 4 members (excludes halogenated alkanes) is 29. The van der Waals surface area contributed by atoms with Gasteiger partial charge in [-0.15, -0.1) is 0 Å². The summed E-state index contributed by atoms with van der Waals surface area (Å²) in [5.41, 5.74) is 0. The van der Waals surface area contributed by atoms with Gasteiger partial charge in [0.25, 0.3) is 0 Å². The lowest BCUT2D eigenvalue weighted by atomic mass is 10.0. The van der Waals surface area contributed by atoms with Gasteiger partial charge in [-0.25, -0.2) is 0 Å². The molecular weight excluding hydrogens is 659 g/mol. The second kappa shape index (κ2) is 43.1. The van der Waals surface area contributed by atoms with Gasteiger partial charge in [-0.2, -0.15) is 0 Å². The SMILES string of the molecule is CCCCCC/C=C\CCCCCCCC(=O)OCCCCCCCCCCCCC(=O)NC(CO)C(O)/C=C/CCCCCCCCCCCCC. The van der Waals surface area contributed by atoms with Crippen LogP contribution in [-0.2, 0) is 14.3 Å². The zero-order valence-corrected chi connectivity index (χ0v) is 35.2. The van der Waals surface area contributed by atoms with Crippen molar-refractivity contribution in [1.29, 1.82) is 0 Å². The second-order valence-electron chi connectivity index (χ2n) is 15.7. The fourth-order valence-corrected chi connectivity index (χ4v) is 6.86. The molecule has 0 aromatic rings. The molecule has 53 heavy (non-hydrogen) atoms. The first-order chi connectivity index (χ1) is 26.0. The number of carbonyl (C=O) groups excluding carboxylic acids is 2. The van der Waals surface area contributed by atoms with E-state index in [1.165, 1.54) is 154 Å². The Bertz CT molecular complexity index is 828. The third kappa shape index (κ3) is 39.8. The molecule has 0 heterocycles. The summed E-state index contributed by atoms with van der Waals surface area (Å²) in [7, 11) is 0. The Morgan fingerprint density at radius 3 is 1.36 bits per heavy atom. The van der Waals surface area contributed by atoms with E-state index >= 15 is 0 Å². The molecule has 0 aromatic carbocycles. The summed E-state index contributed by atoms with van der Waals surface area (Å²) in [6.07, 6.45) is 48.7. The van der Waals surface area contributed by atoms with Crippen molar-refractivity contribution >= 4 is 11.9 Å². The van der Waals surface area contributed by atoms with Crippen molar-refractivity contribution in [1.82, 2.24) is 5.32 Å². The molecule has 0 bridgehead atoms. The molecule has 1 amide bonds. The fourth-order valence-electron chi connectivity index (χ4n) is 6.86. The molecule has 0 spiro atoms. The number of aliphatic hydroxyl groups is 2. The molecule has 2 atom stereocenters. The summed E-state index contributed by atoms with van der Waals surface area (Å²) in [5.74, 6) is -0.123. The van der Waals surface area contributed by atoms with Crippen molar-refractivity contribution in [3.8, 4) is 0 Å². The number of carbonyl (C=O) groups is 2. The van der Waals surface area contributed by atoms with Crippen molar-refractivity contribution in [2.24, 2.45) is 0 Å². The highest BCUT2D eigenvalue weighted by Gasteiger charge is 2.18. The zero-order chi connectivity index (χ0) is 38.7. The van der Waals surface area contributed by atoms with E-state index in [1.807, 2.05) is 6.08 Å². The van der Waals surface area contributed by atoms with E-state index in [4.69, 9.17) is 4.74 Å². The molecule has 0 fully saturated rings. The van der Waals surface area contributed by atoms with Crippen molar-refractivity contribution < 1.29 is 24.5 Å². The Labute approximate surface area is 329 Å². The van der Waals surface area contributed by atoms with E-state index < -0.39 is 12.1 Å². The molecule has 0 aromatic heterocycles. The van der Waals surface area contributed by atoms with Crippen LogP contribution in [0.25, 0.3) is 0 Å². The maximum Gasteiger partial charge on any atom is 0.305 e. The summed E-state index contributed by atoms with van der Waals surface area (Å²) in [6, 6.07) is -0.643. The second-order valence-corrected chi connectivity index (χ2v) is 15.7. The lowest BCUT2D eigenvalue weighted by Crippen LogP contribution is -2.45. The van der Waals surface area contributed by atoms with E-state index in [-0.39, 0.29) is 18.5 Å².